The van der Waals surface area contributed by atoms with Crippen molar-refractivity contribution in [1.29, 1.82) is 0 Å². The smallest absolute Gasteiger partial charge is 0.340 e. The van der Waals surface area contributed by atoms with Crippen molar-refractivity contribution in [3.63, 3.8) is 0 Å². The third-order valence-corrected chi connectivity index (χ3v) is 6.28. The highest BCUT2D eigenvalue weighted by Gasteiger charge is 2.40. The summed E-state index contributed by atoms with van der Waals surface area (Å²) < 4.78 is 2.24. The summed E-state index contributed by atoms with van der Waals surface area (Å²) in [6.45, 7) is 17.1. The predicted octanol–water partition coefficient (Wildman–Crippen LogP) is 6.86. The molecule has 0 saturated carbocycles. The van der Waals surface area contributed by atoms with E-state index in [2.05, 4.69) is 106 Å². The average Bonchev–Trinajstić information content (AvgIpc) is 2.78. The van der Waals surface area contributed by atoms with Gasteiger partial charge in [0.05, 0.1) is 19.3 Å². The highest BCUT2D eigenvalue weighted by Crippen LogP contribution is 2.37. The first kappa shape index (κ1) is 29.4. The van der Waals surface area contributed by atoms with Gasteiger partial charge >= 0.3 is 5.84 Å². The Morgan fingerprint density at radius 3 is 2.23 bits per heavy atom. The first-order valence-corrected chi connectivity index (χ1v) is 13.4. The van der Waals surface area contributed by atoms with Crippen molar-refractivity contribution in [3.05, 3.63) is 53.3 Å². The predicted molar refractivity (Wildman–Crippen MR) is 153 cm³/mol. The Balaban J connectivity index is 0.00000137. The number of halogens is 2. The third kappa shape index (κ3) is 7.34. The van der Waals surface area contributed by atoms with Gasteiger partial charge < -0.3 is 4.90 Å². The van der Waals surface area contributed by atoms with E-state index in [9.17, 15) is 0 Å². The fourth-order valence-electron chi connectivity index (χ4n) is 4.34. The van der Waals surface area contributed by atoms with Gasteiger partial charge in [-0.25, -0.2) is 4.99 Å². The molecule has 0 amide bonds. The van der Waals surface area contributed by atoms with E-state index >= 15 is 0 Å². The lowest BCUT2D eigenvalue weighted by Crippen LogP contribution is -2.56. The summed E-state index contributed by atoms with van der Waals surface area (Å²) in [6, 6.07) is 8.42. The molecule has 0 fully saturated rings. The van der Waals surface area contributed by atoms with E-state index in [1.807, 2.05) is 11.9 Å². The van der Waals surface area contributed by atoms with E-state index in [-0.39, 0.29) is 10.8 Å². The molecule has 1 aromatic rings. The Morgan fingerprint density at radius 1 is 1.06 bits per heavy atom. The lowest BCUT2D eigenvalue weighted by atomic mass is 9.81. The summed E-state index contributed by atoms with van der Waals surface area (Å²) in [4.78, 5) is 10.4. The van der Waals surface area contributed by atoms with Crippen LogP contribution in [-0.4, -0.2) is 59.2 Å². The summed E-state index contributed by atoms with van der Waals surface area (Å²) in [5.41, 5.74) is 4.62. The topological polar surface area (TPSA) is 33.9 Å². The zero-order chi connectivity index (χ0) is 26.4. The van der Waals surface area contributed by atoms with Gasteiger partial charge in [-0.2, -0.15) is 0 Å². The second-order valence-corrected chi connectivity index (χ2v) is 11.8. The first-order chi connectivity index (χ1) is 16.4. The van der Waals surface area contributed by atoms with Gasteiger partial charge in [-0.1, -0.05) is 77.7 Å². The number of allylic oxidation sites excluding steroid dienone is 3. The lowest BCUT2D eigenvalue weighted by molar-refractivity contribution is -0.503. The molecule has 0 radical (unpaired) electrons. The maximum absolute atomic E-state index is 6.42. The third-order valence-electron chi connectivity index (χ3n) is 6.11. The molecule has 2 aliphatic rings. The largest absolute Gasteiger partial charge is 0.349 e. The Morgan fingerprint density at radius 2 is 1.66 bits per heavy atom. The van der Waals surface area contributed by atoms with Crippen molar-refractivity contribution < 1.29 is 4.58 Å². The highest BCUT2D eigenvalue weighted by atomic mass is 35.5. The van der Waals surface area contributed by atoms with Crippen LogP contribution in [0.5, 0.6) is 0 Å². The van der Waals surface area contributed by atoms with Crippen molar-refractivity contribution in [2.24, 2.45) is 10.4 Å². The number of nitrogens with one attached hydrogen (secondary N) is 1. The molecule has 5 nitrogen and oxygen atoms in total. The van der Waals surface area contributed by atoms with Crippen LogP contribution in [-0.2, 0) is 5.41 Å². The van der Waals surface area contributed by atoms with Crippen LogP contribution < -0.4 is 4.94 Å². The van der Waals surface area contributed by atoms with E-state index in [1.165, 1.54) is 11.1 Å². The molecule has 0 bridgehead atoms. The van der Waals surface area contributed by atoms with Crippen molar-refractivity contribution in [3.8, 4) is 0 Å². The second-order valence-electron chi connectivity index (χ2n) is 11.1. The number of amidine groups is 2. The summed E-state index contributed by atoms with van der Waals surface area (Å²) in [7, 11) is 4.21. The number of para-hydroxylation sites is 1. The minimum absolute atomic E-state index is 0.00157. The standard InChI is InChI=1S/C26H39ClN5.C2H5Cl/c1-25(2,3)19-13-9-11-15-21(19)28-23-24(31(8)18-17-30(23)7)32(29-27)22-16-12-10-14-20(22)26(4,5)6;1-2-3/h9,11,13-16,29H,10,12,17-18H2,1-8H3;2H2,1H3/q+1;. The summed E-state index contributed by atoms with van der Waals surface area (Å²) in [5, 5.41) is 2.01. The zero-order valence-electron chi connectivity index (χ0n) is 23.0. The van der Waals surface area contributed by atoms with Crippen LogP contribution in [0.15, 0.2) is 52.7 Å². The Bertz CT molecular complexity index is 993. The van der Waals surface area contributed by atoms with E-state index < -0.39 is 0 Å². The van der Waals surface area contributed by atoms with Crippen molar-refractivity contribution in [2.45, 2.75) is 66.7 Å². The Kier molecular flexibility index (Phi) is 10.4. The first-order valence-electron chi connectivity index (χ1n) is 12.5. The molecule has 1 heterocycles. The molecule has 194 valence electrons. The quantitative estimate of drug-likeness (QED) is 0.204. The molecular weight excluding hydrogens is 477 g/mol. The molecule has 35 heavy (non-hydrogen) atoms. The Hall–Kier alpha value is -1.82. The van der Waals surface area contributed by atoms with E-state index in [4.69, 9.17) is 28.4 Å². The monoisotopic (exact) mass is 520 g/mol. The molecule has 0 atom stereocenters. The molecule has 0 spiro atoms. The molecule has 1 N–H and O–H groups in total. The molecule has 3 rings (SSSR count). The number of rotatable bonds is 3. The van der Waals surface area contributed by atoms with Gasteiger partial charge in [0.25, 0.3) is 0 Å². The van der Waals surface area contributed by atoms with Crippen molar-refractivity contribution >= 4 is 40.7 Å². The van der Waals surface area contributed by atoms with Crippen LogP contribution in [0.25, 0.3) is 0 Å². The minimum atomic E-state index is -0.00157. The van der Waals surface area contributed by atoms with Crippen LogP contribution in [0.1, 0.15) is 66.9 Å². The van der Waals surface area contributed by atoms with Crippen LogP contribution in [0, 0.1) is 5.41 Å². The summed E-state index contributed by atoms with van der Waals surface area (Å²) >= 11 is 11.4. The van der Waals surface area contributed by atoms with Crippen LogP contribution in [0.4, 0.5) is 5.69 Å². The number of alkyl halides is 1. The number of likely N-dealkylation sites (N-methyl/N-ethyl adjacent to an activating group) is 2. The number of hydrazine groups is 1. The Labute approximate surface area is 223 Å². The lowest BCUT2D eigenvalue weighted by Gasteiger charge is -2.34. The normalized spacial score (nSPS) is 18.1. The SMILES string of the molecule is CCCl.CN1CC[N+](C)=C(N(NCl)C2=CCCC=C2C(C)(C)C)C1=Nc1ccccc1C(C)(C)C. The summed E-state index contributed by atoms with van der Waals surface area (Å²) in [6.07, 6.45) is 6.68. The van der Waals surface area contributed by atoms with Gasteiger partial charge in [-0.15, -0.1) is 16.6 Å². The molecular formula is C28H44Cl2N5+. The van der Waals surface area contributed by atoms with E-state index in [0.29, 0.717) is 0 Å². The number of aliphatic imine (C=N–C) groups is 1. The fourth-order valence-corrected chi connectivity index (χ4v) is 4.51. The van der Waals surface area contributed by atoms with Crippen LogP contribution in [0.2, 0.25) is 0 Å². The summed E-state index contributed by atoms with van der Waals surface area (Å²) in [5.74, 6) is 2.59. The van der Waals surface area contributed by atoms with Gasteiger partial charge in [-0.3, -0.25) is 4.58 Å². The number of hydrogen-bond acceptors (Lipinski definition) is 3. The van der Waals surface area contributed by atoms with E-state index in [0.717, 1.165) is 54.9 Å². The highest BCUT2D eigenvalue weighted by molar-refractivity contribution is 6.39. The second kappa shape index (κ2) is 12.4. The fraction of sp³-hybridized carbons (Fsp3) is 0.571. The van der Waals surface area contributed by atoms with Gasteiger partial charge in [0.2, 0.25) is 5.84 Å². The zero-order valence-corrected chi connectivity index (χ0v) is 24.6. The van der Waals surface area contributed by atoms with Crippen LogP contribution >= 0.6 is 23.4 Å². The molecule has 1 aliphatic carbocycles. The molecule has 0 unspecified atom stereocenters. The van der Waals surface area contributed by atoms with Gasteiger partial charge in [0, 0.05) is 30.3 Å². The van der Waals surface area contributed by atoms with Gasteiger partial charge in [-0.05, 0) is 41.4 Å². The van der Waals surface area contributed by atoms with Gasteiger partial charge in [0.15, 0.2) is 0 Å². The number of benzene rings is 1. The minimum Gasteiger partial charge on any atom is -0.349 e. The molecule has 7 heteroatoms. The molecule has 0 aromatic heterocycles. The van der Waals surface area contributed by atoms with Crippen molar-refractivity contribution in [1.82, 2.24) is 14.9 Å². The number of nitrogens with zero attached hydrogens (tertiary/aromatic N) is 4. The maximum Gasteiger partial charge on any atom is 0.340 e. The average molecular weight is 522 g/mol. The maximum atomic E-state index is 6.42. The van der Waals surface area contributed by atoms with Crippen LogP contribution in [0.3, 0.4) is 0 Å². The van der Waals surface area contributed by atoms with Gasteiger partial charge in [0.1, 0.15) is 12.2 Å². The number of hydrogen-bond donors (Lipinski definition) is 1. The van der Waals surface area contributed by atoms with Crippen molar-refractivity contribution in [2.75, 3.05) is 33.1 Å². The molecule has 1 aromatic carbocycles. The molecule has 1 aliphatic heterocycles. The molecule has 0 saturated heterocycles. The van der Waals surface area contributed by atoms with E-state index in [1.54, 1.807) is 0 Å².